The second-order valence-corrected chi connectivity index (χ2v) is 6.53. The van der Waals surface area contributed by atoms with Gasteiger partial charge in [-0.3, -0.25) is 9.69 Å². The zero-order valence-corrected chi connectivity index (χ0v) is 15.3. The summed E-state index contributed by atoms with van der Waals surface area (Å²) in [6, 6.07) is 10.9. The fraction of sp³-hybridized carbons (Fsp3) is 0.350. The molecular weight excluding hydrogens is 373 g/mol. The number of hydrogen-bond donors (Lipinski definition) is 1. The minimum absolute atomic E-state index is 0.0449. The normalized spacial score (nSPS) is 13.6. The molecule has 0 unspecified atom stereocenters. The van der Waals surface area contributed by atoms with E-state index in [4.69, 9.17) is 4.74 Å². The van der Waals surface area contributed by atoms with Crippen molar-refractivity contribution in [3.63, 3.8) is 0 Å². The van der Waals surface area contributed by atoms with E-state index in [2.05, 4.69) is 10.1 Å². The molecular formula is C20H21F3N2O3. The van der Waals surface area contributed by atoms with Gasteiger partial charge in [-0.05, 0) is 42.7 Å². The summed E-state index contributed by atoms with van der Waals surface area (Å²) in [4.78, 5) is 14.3. The van der Waals surface area contributed by atoms with Crippen LogP contribution >= 0.6 is 0 Å². The number of halogens is 3. The molecule has 1 saturated carbocycles. The molecule has 150 valence electrons. The molecule has 3 rings (SSSR count). The number of benzene rings is 2. The molecule has 0 atom stereocenters. The van der Waals surface area contributed by atoms with Crippen LogP contribution in [0.15, 0.2) is 42.5 Å². The van der Waals surface area contributed by atoms with Crippen molar-refractivity contribution < 1.29 is 27.4 Å². The van der Waals surface area contributed by atoms with Crippen LogP contribution in [0.4, 0.5) is 18.9 Å². The van der Waals surface area contributed by atoms with Crippen LogP contribution in [0.1, 0.15) is 18.4 Å². The van der Waals surface area contributed by atoms with E-state index in [0.29, 0.717) is 6.54 Å². The van der Waals surface area contributed by atoms with E-state index in [-0.39, 0.29) is 35.7 Å². The van der Waals surface area contributed by atoms with E-state index in [9.17, 15) is 18.0 Å². The summed E-state index contributed by atoms with van der Waals surface area (Å²) in [6.45, 7) is -2.41. The van der Waals surface area contributed by atoms with E-state index in [1.165, 1.54) is 25.3 Å². The summed E-state index contributed by atoms with van der Waals surface area (Å²) < 4.78 is 48.2. The zero-order valence-electron chi connectivity index (χ0n) is 15.3. The van der Waals surface area contributed by atoms with Crippen molar-refractivity contribution in [2.75, 3.05) is 19.0 Å². The van der Waals surface area contributed by atoms with Crippen LogP contribution in [-0.4, -0.2) is 37.1 Å². The predicted octanol–water partition coefficient (Wildman–Crippen LogP) is 4.04. The molecule has 0 aliphatic heterocycles. The van der Waals surface area contributed by atoms with E-state index >= 15 is 0 Å². The van der Waals surface area contributed by atoms with Gasteiger partial charge in [-0.25, -0.2) is 4.39 Å². The largest absolute Gasteiger partial charge is 0.493 e. The van der Waals surface area contributed by atoms with Crippen molar-refractivity contribution >= 4 is 11.6 Å². The van der Waals surface area contributed by atoms with Gasteiger partial charge in [0.05, 0.1) is 19.3 Å². The molecule has 1 N–H and O–H groups in total. The van der Waals surface area contributed by atoms with Crippen molar-refractivity contribution in [1.82, 2.24) is 4.90 Å². The lowest BCUT2D eigenvalue weighted by Crippen LogP contribution is -2.34. The second-order valence-electron chi connectivity index (χ2n) is 6.53. The van der Waals surface area contributed by atoms with Gasteiger partial charge in [0.1, 0.15) is 5.82 Å². The summed E-state index contributed by atoms with van der Waals surface area (Å²) in [7, 11) is 1.37. The number of methoxy groups -OCH3 is 1. The van der Waals surface area contributed by atoms with Crippen molar-refractivity contribution in [2.45, 2.75) is 32.0 Å². The molecule has 0 bridgehead atoms. The van der Waals surface area contributed by atoms with Gasteiger partial charge in [0, 0.05) is 12.6 Å². The molecule has 0 radical (unpaired) electrons. The number of alkyl halides is 2. The van der Waals surface area contributed by atoms with Crippen LogP contribution in [0.3, 0.4) is 0 Å². The van der Waals surface area contributed by atoms with Gasteiger partial charge in [0.25, 0.3) is 0 Å². The second kappa shape index (κ2) is 8.97. The van der Waals surface area contributed by atoms with Crippen molar-refractivity contribution in [2.24, 2.45) is 0 Å². The maximum atomic E-state index is 13.7. The highest BCUT2D eigenvalue weighted by molar-refractivity contribution is 5.92. The average molecular weight is 394 g/mol. The van der Waals surface area contributed by atoms with Crippen LogP contribution in [0.5, 0.6) is 11.5 Å². The Balaban J connectivity index is 1.66. The standard InChI is InChI=1S/C20H21F3N2O3/c1-27-18-10-13(6-9-17(18)28-20(22)23)11-25(14-7-8-14)12-19(26)24-16-5-3-2-4-15(16)21/h2-6,9-10,14,20H,7-8,11-12H2,1H3,(H,24,26). The maximum absolute atomic E-state index is 13.7. The van der Waals surface area contributed by atoms with Crippen LogP contribution in [0, 0.1) is 5.82 Å². The first-order chi connectivity index (χ1) is 13.5. The highest BCUT2D eigenvalue weighted by Crippen LogP contribution is 2.32. The van der Waals surface area contributed by atoms with Crippen molar-refractivity contribution in [3.05, 3.63) is 53.8 Å². The molecule has 1 amide bonds. The lowest BCUT2D eigenvalue weighted by Gasteiger charge is -2.22. The number of nitrogens with one attached hydrogen (secondary N) is 1. The van der Waals surface area contributed by atoms with Gasteiger partial charge < -0.3 is 14.8 Å². The lowest BCUT2D eigenvalue weighted by molar-refractivity contribution is -0.117. The summed E-state index contributed by atoms with van der Waals surface area (Å²) in [5.41, 5.74) is 0.933. The monoisotopic (exact) mass is 394 g/mol. The number of hydrogen-bond acceptors (Lipinski definition) is 4. The van der Waals surface area contributed by atoms with Gasteiger partial charge in [0.2, 0.25) is 5.91 Å². The third-order valence-corrected chi connectivity index (χ3v) is 4.39. The Bertz CT molecular complexity index is 828. The van der Waals surface area contributed by atoms with Crippen LogP contribution < -0.4 is 14.8 Å². The maximum Gasteiger partial charge on any atom is 0.387 e. The Morgan fingerprint density at radius 1 is 1.21 bits per heavy atom. The van der Waals surface area contributed by atoms with Crippen LogP contribution in [-0.2, 0) is 11.3 Å². The first kappa shape index (κ1) is 20.0. The first-order valence-electron chi connectivity index (χ1n) is 8.86. The van der Waals surface area contributed by atoms with Crippen LogP contribution in [0.25, 0.3) is 0 Å². The zero-order chi connectivity index (χ0) is 20.1. The molecule has 0 saturated heterocycles. The number of carbonyl (C=O) groups is 1. The quantitative estimate of drug-likeness (QED) is 0.698. The van der Waals surface area contributed by atoms with Gasteiger partial charge in [0.15, 0.2) is 11.5 Å². The number of rotatable bonds is 9. The number of nitrogens with zero attached hydrogens (tertiary/aromatic N) is 1. The van der Waals surface area contributed by atoms with E-state index < -0.39 is 12.4 Å². The Morgan fingerprint density at radius 2 is 1.96 bits per heavy atom. The van der Waals surface area contributed by atoms with E-state index in [1.54, 1.807) is 24.3 Å². The molecule has 5 nitrogen and oxygen atoms in total. The number of amides is 1. The molecule has 1 fully saturated rings. The Morgan fingerprint density at radius 3 is 2.61 bits per heavy atom. The minimum atomic E-state index is -2.94. The molecule has 8 heteroatoms. The van der Waals surface area contributed by atoms with Gasteiger partial charge >= 0.3 is 6.61 Å². The molecule has 0 spiro atoms. The summed E-state index contributed by atoms with van der Waals surface area (Å²) in [5.74, 6) is -0.657. The fourth-order valence-corrected chi connectivity index (χ4v) is 2.93. The topological polar surface area (TPSA) is 50.8 Å². The van der Waals surface area contributed by atoms with Gasteiger partial charge in [-0.15, -0.1) is 0 Å². The molecule has 2 aromatic rings. The molecule has 2 aromatic carbocycles. The summed E-state index contributed by atoms with van der Waals surface area (Å²) >= 11 is 0. The highest BCUT2D eigenvalue weighted by atomic mass is 19.3. The van der Waals surface area contributed by atoms with E-state index in [1.807, 2.05) is 4.90 Å². The smallest absolute Gasteiger partial charge is 0.387 e. The molecule has 1 aliphatic carbocycles. The summed E-state index contributed by atoms with van der Waals surface area (Å²) in [5, 5.41) is 2.58. The number of para-hydroxylation sites is 1. The number of carbonyl (C=O) groups excluding carboxylic acids is 1. The predicted molar refractivity (Wildman–Crippen MR) is 98.1 cm³/mol. The van der Waals surface area contributed by atoms with E-state index in [0.717, 1.165) is 18.4 Å². The molecule has 28 heavy (non-hydrogen) atoms. The molecule has 0 aromatic heterocycles. The Hall–Kier alpha value is -2.74. The SMILES string of the molecule is COc1cc(CN(CC(=O)Nc2ccccc2F)C2CC2)ccc1OC(F)F. The Kier molecular flexibility index (Phi) is 6.41. The minimum Gasteiger partial charge on any atom is -0.493 e. The van der Waals surface area contributed by atoms with Gasteiger partial charge in [-0.2, -0.15) is 8.78 Å². The lowest BCUT2D eigenvalue weighted by atomic mass is 10.2. The van der Waals surface area contributed by atoms with Crippen LogP contribution in [0.2, 0.25) is 0 Å². The first-order valence-corrected chi connectivity index (χ1v) is 8.86. The van der Waals surface area contributed by atoms with Gasteiger partial charge in [-0.1, -0.05) is 18.2 Å². The highest BCUT2D eigenvalue weighted by Gasteiger charge is 2.30. The number of anilines is 1. The number of ether oxygens (including phenoxy) is 2. The average Bonchev–Trinajstić information content (AvgIpc) is 3.49. The Labute approximate surface area is 161 Å². The van der Waals surface area contributed by atoms with Crippen molar-refractivity contribution in [1.29, 1.82) is 0 Å². The third kappa shape index (κ3) is 5.39. The third-order valence-electron chi connectivity index (χ3n) is 4.39. The fourth-order valence-electron chi connectivity index (χ4n) is 2.93. The molecule has 1 aliphatic rings. The summed E-state index contributed by atoms with van der Waals surface area (Å²) in [6.07, 6.45) is 1.94. The van der Waals surface area contributed by atoms with Crippen molar-refractivity contribution in [3.8, 4) is 11.5 Å². The molecule has 0 heterocycles.